The highest BCUT2D eigenvalue weighted by Gasteiger charge is 2.38. The van der Waals surface area contributed by atoms with Crippen LogP contribution in [0.4, 0.5) is 0 Å². The molecule has 2 aromatic carbocycles. The fourth-order valence-electron chi connectivity index (χ4n) is 2.18. The first-order chi connectivity index (χ1) is 9.97. The molecule has 0 heterocycles. The summed E-state index contributed by atoms with van der Waals surface area (Å²) in [6.45, 7) is 0. The van der Waals surface area contributed by atoms with Crippen LogP contribution in [0.25, 0.3) is 0 Å². The first-order valence-electron chi connectivity index (χ1n) is 6.31. The van der Waals surface area contributed by atoms with Crippen LogP contribution in [-0.4, -0.2) is 23.3 Å². The maximum Gasteiger partial charge on any atom is 0.340 e. The van der Waals surface area contributed by atoms with Crippen LogP contribution < -0.4 is 4.74 Å². The van der Waals surface area contributed by atoms with Gasteiger partial charge in [-0.3, -0.25) is 0 Å². The van der Waals surface area contributed by atoms with Crippen molar-refractivity contribution in [2.24, 2.45) is 0 Å². The molecule has 5 heteroatoms. The molecule has 0 saturated heterocycles. The molecule has 2 N–H and O–H groups in total. The molecule has 110 valence electrons. The second-order valence-electron chi connectivity index (χ2n) is 4.66. The summed E-state index contributed by atoms with van der Waals surface area (Å²) >= 11 is 3.34. The Kier molecular flexibility index (Phi) is 4.65. The Bertz CT molecular complexity index is 642. The molecular formula is C16H15BrO4. The fourth-order valence-corrected chi connectivity index (χ4v) is 2.58. The minimum Gasteiger partial charge on any atom is -0.496 e. The SMILES string of the molecule is COc1ccc(Br)cc1CC(O)(C(=O)O)c1ccccc1. The third-order valence-corrected chi connectivity index (χ3v) is 3.79. The van der Waals surface area contributed by atoms with E-state index in [9.17, 15) is 15.0 Å². The zero-order valence-corrected chi connectivity index (χ0v) is 13.0. The lowest BCUT2D eigenvalue weighted by Crippen LogP contribution is -2.38. The second-order valence-corrected chi connectivity index (χ2v) is 5.58. The lowest BCUT2D eigenvalue weighted by Gasteiger charge is -2.25. The van der Waals surface area contributed by atoms with Gasteiger partial charge in [-0.15, -0.1) is 0 Å². The van der Waals surface area contributed by atoms with E-state index in [1.165, 1.54) is 7.11 Å². The summed E-state index contributed by atoms with van der Waals surface area (Å²) in [4.78, 5) is 11.6. The fraction of sp³-hybridized carbons (Fsp3) is 0.188. The van der Waals surface area contributed by atoms with E-state index in [1.807, 2.05) is 0 Å². The zero-order chi connectivity index (χ0) is 15.5. The number of rotatable bonds is 5. The van der Waals surface area contributed by atoms with Gasteiger partial charge in [0.15, 0.2) is 5.60 Å². The molecular weight excluding hydrogens is 336 g/mol. The van der Waals surface area contributed by atoms with E-state index in [2.05, 4.69) is 15.9 Å². The van der Waals surface area contributed by atoms with Gasteiger partial charge < -0.3 is 14.9 Å². The summed E-state index contributed by atoms with van der Waals surface area (Å²) in [5, 5.41) is 20.1. The van der Waals surface area contributed by atoms with Crippen LogP contribution in [0.2, 0.25) is 0 Å². The van der Waals surface area contributed by atoms with Gasteiger partial charge in [-0.05, 0) is 29.3 Å². The monoisotopic (exact) mass is 350 g/mol. The Balaban J connectivity index is 2.47. The van der Waals surface area contributed by atoms with Crippen LogP contribution in [0.1, 0.15) is 11.1 Å². The van der Waals surface area contributed by atoms with Gasteiger partial charge in [0.1, 0.15) is 5.75 Å². The van der Waals surface area contributed by atoms with Gasteiger partial charge in [-0.2, -0.15) is 0 Å². The number of methoxy groups -OCH3 is 1. The van der Waals surface area contributed by atoms with E-state index in [0.29, 0.717) is 16.9 Å². The molecule has 1 unspecified atom stereocenters. The van der Waals surface area contributed by atoms with E-state index in [4.69, 9.17) is 4.74 Å². The van der Waals surface area contributed by atoms with Crippen molar-refractivity contribution in [3.63, 3.8) is 0 Å². The normalized spacial score (nSPS) is 13.5. The Morgan fingerprint density at radius 3 is 2.48 bits per heavy atom. The highest BCUT2D eigenvalue weighted by atomic mass is 79.9. The highest BCUT2D eigenvalue weighted by molar-refractivity contribution is 9.10. The number of carbonyl (C=O) groups is 1. The predicted octanol–water partition coefficient (Wildman–Crippen LogP) is 2.97. The van der Waals surface area contributed by atoms with Crippen LogP contribution in [0.15, 0.2) is 53.0 Å². The topological polar surface area (TPSA) is 66.8 Å². The first kappa shape index (κ1) is 15.5. The quantitative estimate of drug-likeness (QED) is 0.869. The lowest BCUT2D eigenvalue weighted by atomic mass is 9.87. The number of aliphatic carboxylic acids is 1. The summed E-state index contributed by atoms with van der Waals surface area (Å²) in [6, 6.07) is 13.6. The third-order valence-electron chi connectivity index (χ3n) is 3.29. The van der Waals surface area contributed by atoms with Gasteiger partial charge in [-0.25, -0.2) is 4.79 Å². The van der Waals surface area contributed by atoms with E-state index >= 15 is 0 Å². The average molecular weight is 351 g/mol. The Labute approximate surface area is 131 Å². The zero-order valence-electron chi connectivity index (χ0n) is 11.4. The smallest absolute Gasteiger partial charge is 0.340 e. The summed E-state index contributed by atoms with van der Waals surface area (Å²) < 4.78 is 6.03. The van der Waals surface area contributed by atoms with Crippen LogP contribution in [-0.2, 0) is 16.8 Å². The molecule has 0 aliphatic carbocycles. The van der Waals surface area contributed by atoms with Crippen molar-refractivity contribution >= 4 is 21.9 Å². The maximum atomic E-state index is 11.6. The number of hydrogen-bond donors (Lipinski definition) is 2. The molecule has 1 atom stereocenters. The summed E-state index contributed by atoms with van der Waals surface area (Å²) in [6.07, 6.45) is -0.0883. The lowest BCUT2D eigenvalue weighted by molar-refractivity contribution is -0.159. The molecule has 2 aromatic rings. The van der Waals surface area contributed by atoms with Gasteiger partial charge in [0, 0.05) is 10.9 Å². The van der Waals surface area contributed by atoms with Gasteiger partial charge in [-0.1, -0.05) is 46.3 Å². The molecule has 0 spiro atoms. The van der Waals surface area contributed by atoms with E-state index in [1.54, 1.807) is 48.5 Å². The van der Waals surface area contributed by atoms with Crippen molar-refractivity contribution in [1.82, 2.24) is 0 Å². The van der Waals surface area contributed by atoms with Crippen LogP contribution in [0.3, 0.4) is 0 Å². The predicted molar refractivity (Wildman–Crippen MR) is 82.4 cm³/mol. The van der Waals surface area contributed by atoms with Gasteiger partial charge in [0.25, 0.3) is 0 Å². The van der Waals surface area contributed by atoms with Gasteiger partial charge >= 0.3 is 5.97 Å². The molecule has 0 aliphatic rings. The molecule has 21 heavy (non-hydrogen) atoms. The minimum atomic E-state index is -2.00. The Hall–Kier alpha value is -1.85. The molecule has 0 saturated carbocycles. The van der Waals surface area contributed by atoms with Gasteiger partial charge in [0.2, 0.25) is 0 Å². The third kappa shape index (κ3) is 3.25. The molecule has 4 nitrogen and oxygen atoms in total. The average Bonchev–Trinajstić information content (AvgIpc) is 2.48. The van der Waals surface area contributed by atoms with Gasteiger partial charge in [0.05, 0.1) is 7.11 Å². The van der Waals surface area contributed by atoms with Crippen molar-refractivity contribution in [3.05, 3.63) is 64.1 Å². The van der Waals surface area contributed by atoms with Crippen molar-refractivity contribution in [2.45, 2.75) is 12.0 Å². The number of benzene rings is 2. The molecule has 0 aliphatic heterocycles. The standard InChI is InChI=1S/C16H15BrO4/c1-21-14-8-7-13(17)9-11(14)10-16(20,15(18)19)12-5-3-2-4-6-12/h2-9,20H,10H2,1H3,(H,18,19). The largest absolute Gasteiger partial charge is 0.496 e. The second kappa shape index (κ2) is 6.28. The summed E-state index contributed by atoms with van der Waals surface area (Å²) in [7, 11) is 1.51. The summed E-state index contributed by atoms with van der Waals surface area (Å²) in [5.74, 6) is -0.760. The maximum absolute atomic E-state index is 11.6. The Morgan fingerprint density at radius 2 is 1.90 bits per heavy atom. The molecule has 0 aromatic heterocycles. The minimum absolute atomic E-state index is 0.0883. The van der Waals surface area contributed by atoms with Crippen LogP contribution in [0.5, 0.6) is 5.75 Å². The number of ether oxygens (including phenoxy) is 1. The van der Waals surface area contributed by atoms with Crippen molar-refractivity contribution in [1.29, 1.82) is 0 Å². The molecule has 2 rings (SSSR count). The number of halogens is 1. The highest BCUT2D eigenvalue weighted by Crippen LogP contribution is 2.32. The Morgan fingerprint density at radius 1 is 1.24 bits per heavy atom. The number of carboxylic acid groups (broad SMARTS) is 1. The van der Waals surface area contributed by atoms with Crippen LogP contribution in [0, 0.1) is 0 Å². The van der Waals surface area contributed by atoms with E-state index < -0.39 is 11.6 Å². The number of aliphatic hydroxyl groups is 1. The molecule has 0 amide bonds. The first-order valence-corrected chi connectivity index (χ1v) is 7.10. The van der Waals surface area contributed by atoms with Crippen molar-refractivity contribution in [3.8, 4) is 5.75 Å². The van der Waals surface area contributed by atoms with Crippen molar-refractivity contribution < 1.29 is 19.7 Å². The van der Waals surface area contributed by atoms with Crippen molar-refractivity contribution in [2.75, 3.05) is 7.11 Å². The summed E-state index contributed by atoms with van der Waals surface area (Å²) in [5.41, 5.74) is -1.06. The molecule has 0 bridgehead atoms. The van der Waals surface area contributed by atoms with E-state index in [-0.39, 0.29) is 6.42 Å². The molecule has 0 radical (unpaired) electrons. The number of carboxylic acids is 1. The van der Waals surface area contributed by atoms with Crippen LogP contribution >= 0.6 is 15.9 Å². The molecule has 0 fully saturated rings. The number of hydrogen-bond acceptors (Lipinski definition) is 3. The van der Waals surface area contributed by atoms with E-state index in [0.717, 1.165) is 4.47 Å².